The summed E-state index contributed by atoms with van der Waals surface area (Å²) in [5.41, 5.74) is 2.41. The maximum absolute atomic E-state index is 14.0. The second-order valence-electron chi connectivity index (χ2n) is 12.3. The standard InChI is InChI=1S/C29H35F3N4O7/c1-34(2)21-13(11-36-7-5-6-17(36)29(30,31)32)10-16(37)19-14(21)8-12-9-15-22(35(3)4)24(39)20(27(33)42)26(41)28(15,43)25(40)18(12)23(19)38/h10,12,15,17,22,37,39-40,43H,5-9,11H2,1-4H3,(H2,33,42)/t12-,15-,17-,22-,28-/m0/s1. The Hall–Kier alpha value is -3.62. The molecule has 1 fully saturated rings. The molecule has 4 aliphatic rings. The Morgan fingerprint density at radius 3 is 2.37 bits per heavy atom. The molecule has 1 saturated heterocycles. The summed E-state index contributed by atoms with van der Waals surface area (Å²) in [6, 6.07) is -1.52. The highest BCUT2D eigenvalue weighted by atomic mass is 19.4. The number of benzene rings is 1. The number of likely N-dealkylation sites (N-methyl/N-ethyl adjacent to an activating group) is 1. The smallest absolute Gasteiger partial charge is 0.404 e. The van der Waals surface area contributed by atoms with E-state index in [9.17, 15) is 48.0 Å². The normalized spacial score (nSPS) is 29.6. The molecule has 1 aromatic carbocycles. The van der Waals surface area contributed by atoms with Gasteiger partial charge in [-0.15, -0.1) is 0 Å². The third-order valence-electron chi connectivity index (χ3n) is 9.34. The van der Waals surface area contributed by atoms with Crippen LogP contribution in [0.4, 0.5) is 18.9 Å². The molecule has 0 aromatic heterocycles. The number of primary amides is 1. The summed E-state index contributed by atoms with van der Waals surface area (Å²) in [4.78, 5) is 44.0. The van der Waals surface area contributed by atoms with Gasteiger partial charge in [0.2, 0.25) is 5.78 Å². The van der Waals surface area contributed by atoms with Crippen LogP contribution in [0.5, 0.6) is 5.75 Å². The van der Waals surface area contributed by atoms with Gasteiger partial charge in [-0.1, -0.05) is 0 Å². The number of ketones is 2. The lowest BCUT2D eigenvalue weighted by atomic mass is 9.58. The van der Waals surface area contributed by atoms with Crippen molar-refractivity contribution in [1.29, 1.82) is 0 Å². The van der Waals surface area contributed by atoms with Gasteiger partial charge in [0.1, 0.15) is 28.9 Å². The van der Waals surface area contributed by atoms with E-state index < -0.39 is 76.0 Å². The van der Waals surface area contributed by atoms with Gasteiger partial charge < -0.3 is 31.1 Å². The zero-order valence-electron chi connectivity index (χ0n) is 24.2. The van der Waals surface area contributed by atoms with Gasteiger partial charge in [-0.3, -0.25) is 24.2 Å². The fourth-order valence-electron chi connectivity index (χ4n) is 7.66. The first-order valence-electron chi connectivity index (χ1n) is 13.9. The first kappa shape index (κ1) is 30.8. The van der Waals surface area contributed by atoms with Crippen molar-refractivity contribution < 1.29 is 48.0 Å². The van der Waals surface area contributed by atoms with Crippen LogP contribution in [-0.4, -0.2) is 106 Å². The van der Waals surface area contributed by atoms with Crippen molar-refractivity contribution in [2.75, 3.05) is 39.6 Å². The molecule has 14 heteroatoms. The molecular weight excluding hydrogens is 573 g/mol. The number of carbonyl (C=O) groups excluding carboxylic acids is 3. The van der Waals surface area contributed by atoms with Crippen molar-refractivity contribution in [3.8, 4) is 5.75 Å². The van der Waals surface area contributed by atoms with E-state index in [4.69, 9.17) is 5.73 Å². The van der Waals surface area contributed by atoms with Crippen LogP contribution in [0.15, 0.2) is 28.7 Å². The molecule has 0 bridgehead atoms. The molecule has 1 aromatic rings. The molecule has 5 rings (SSSR count). The summed E-state index contributed by atoms with van der Waals surface area (Å²) in [6.07, 6.45) is -4.16. The van der Waals surface area contributed by atoms with Gasteiger partial charge in [-0.2, -0.15) is 13.2 Å². The van der Waals surface area contributed by atoms with Crippen LogP contribution < -0.4 is 10.6 Å². The molecule has 43 heavy (non-hydrogen) atoms. The number of Topliss-reactive ketones (excluding diaryl/α,β-unsaturated/α-hetero) is 2. The molecular formula is C29H35F3N4O7. The molecule has 11 nitrogen and oxygen atoms in total. The third-order valence-corrected chi connectivity index (χ3v) is 9.34. The second kappa shape index (κ2) is 10.2. The number of anilines is 1. The number of aromatic hydroxyl groups is 1. The Labute approximate surface area is 245 Å². The third kappa shape index (κ3) is 4.49. The van der Waals surface area contributed by atoms with Gasteiger partial charge in [0, 0.05) is 37.8 Å². The van der Waals surface area contributed by atoms with E-state index in [1.54, 1.807) is 19.0 Å². The zero-order valence-corrected chi connectivity index (χ0v) is 24.2. The van der Waals surface area contributed by atoms with Gasteiger partial charge in [-0.25, -0.2) is 0 Å². The lowest BCUT2D eigenvalue weighted by molar-refractivity contribution is -0.177. The minimum absolute atomic E-state index is 0.0339. The number of nitrogens with zero attached hydrogens (tertiary/aromatic N) is 3. The maximum Gasteiger partial charge on any atom is 0.404 e. The van der Waals surface area contributed by atoms with Crippen LogP contribution in [0.2, 0.25) is 0 Å². The Morgan fingerprint density at radius 2 is 1.81 bits per heavy atom. The number of aliphatic hydroxyl groups is 3. The molecule has 1 amide bonds. The Morgan fingerprint density at radius 1 is 1.16 bits per heavy atom. The number of carbonyl (C=O) groups is 3. The monoisotopic (exact) mass is 608 g/mol. The number of hydrogen-bond acceptors (Lipinski definition) is 10. The number of alkyl halides is 3. The van der Waals surface area contributed by atoms with Gasteiger partial charge in [0.25, 0.3) is 5.91 Å². The molecule has 6 N–H and O–H groups in total. The fourth-order valence-corrected chi connectivity index (χ4v) is 7.66. The van der Waals surface area contributed by atoms with Gasteiger partial charge in [-0.05, 0) is 69.4 Å². The van der Waals surface area contributed by atoms with Gasteiger partial charge in [0.15, 0.2) is 11.4 Å². The average Bonchev–Trinajstić information content (AvgIpc) is 3.34. The largest absolute Gasteiger partial charge is 0.510 e. The minimum Gasteiger partial charge on any atom is -0.510 e. The van der Waals surface area contributed by atoms with Crippen LogP contribution in [0.1, 0.15) is 40.7 Å². The molecule has 0 radical (unpaired) electrons. The van der Waals surface area contributed by atoms with E-state index in [-0.39, 0.29) is 43.5 Å². The Bertz CT molecular complexity index is 1480. The molecule has 1 aliphatic heterocycles. The van der Waals surface area contributed by atoms with E-state index >= 15 is 0 Å². The summed E-state index contributed by atoms with van der Waals surface area (Å²) in [6.45, 7) is 0.0845. The van der Waals surface area contributed by atoms with Gasteiger partial charge >= 0.3 is 6.18 Å². The molecule has 234 valence electrons. The van der Waals surface area contributed by atoms with E-state index in [0.29, 0.717) is 23.2 Å². The number of fused-ring (bicyclic) bond motifs is 3. The van der Waals surface area contributed by atoms with Crippen molar-refractivity contribution in [2.45, 2.75) is 56.1 Å². The van der Waals surface area contributed by atoms with Crippen LogP contribution in [-0.2, 0) is 22.6 Å². The molecule has 0 unspecified atom stereocenters. The second-order valence-corrected chi connectivity index (χ2v) is 12.3. The van der Waals surface area contributed by atoms with E-state index in [2.05, 4.69) is 0 Å². The summed E-state index contributed by atoms with van der Waals surface area (Å²) >= 11 is 0. The SMILES string of the molecule is CN(C)c1c(CN2CCC[C@H]2C(F)(F)F)cc(O)c2c1C[C@H]1C[C@H]3[C@H](N(C)C)C(O)=C(C(N)=O)C(=O)[C@@]3(O)C(O)=C1C2=O. The Balaban J connectivity index is 1.65. The number of phenolic OH excluding ortho intramolecular Hbond substituents is 1. The Kier molecular flexibility index (Phi) is 7.34. The highest BCUT2D eigenvalue weighted by Gasteiger charge is 2.63. The number of phenols is 1. The predicted octanol–water partition coefficient (Wildman–Crippen LogP) is 1.71. The van der Waals surface area contributed by atoms with Crippen LogP contribution in [0, 0.1) is 11.8 Å². The van der Waals surface area contributed by atoms with E-state index in [0.717, 1.165) is 0 Å². The van der Waals surface area contributed by atoms with E-state index in [1.165, 1.54) is 30.0 Å². The molecule has 5 atom stereocenters. The van der Waals surface area contributed by atoms with Crippen molar-refractivity contribution in [3.05, 3.63) is 45.4 Å². The average molecular weight is 609 g/mol. The highest BCUT2D eigenvalue weighted by molar-refractivity contribution is 6.24. The van der Waals surface area contributed by atoms with Gasteiger partial charge in [0.05, 0.1) is 11.6 Å². The number of halogens is 3. The number of nitrogens with two attached hydrogens (primary N) is 1. The summed E-state index contributed by atoms with van der Waals surface area (Å²) in [7, 11) is 6.41. The number of amides is 1. The first-order chi connectivity index (χ1) is 19.9. The van der Waals surface area contributed by atoms with Crippen LogP contribution in [0.25, 0.3) is 0 Å². The highest BCUT2D eigenvalue weighted by Crippen LogP contribution is 2.53. The van der Waals surface area contributed by atoms with E-state index in [1.807, 2.05) is 0 Å². The molecule has 0 saturated carbocycles. The van der Waals surface area contributed by atoms with Crippen molar-refractivity contribution in [1.82, 2.24) is 9.80 Å². The lowest BCUT2D eigenvalue weighted by Crippen LogP contribution is -2.63. The summed E-state index contributed by atoms with van der Waals surface area (Å²) < 4.78 is 41.1. The zero-order chi connectivity index (χ0) is 31.9. The van der Waals surface area contributed by atoms with Crippen molar-refractivity contribution >= 4 is 23.2 Å². The topological polar surface area (TPSA) is 168 Å². The number of rotatable bonds is 5. The molecule has 3 aliphatic carbocycles. The lowest BCUT2D eigenvalue weighted by Gasteiger charge is -2.50. The summed E-state index contributed by atoms with van der Waals surface area (Å²) in [5.74, 6) is -7.64. The predicted molar refractivity (Wildman–Crippen MR) is 147 cm³/mol. The number of aliphatic hydroxyl groups excluding tert-OH is 2. The number of hydrogen-bond donors (Lipinski definition) is 5. The number of allylic oxidation sites excluding steroid dienone is 1. The van der Waals surface area contributed by atoms with Crippen molar-refractivity contribution in [3.63, 3.8) is 0 Å². The minimum atomic E-state index is -4.42. The van der Waals surface area contributed by atoms with Crippen LogP contribution in [0.3, 0.4) is 0 Å². The first-order valence-corrected chi connectivity index (χ1v) is 13.9. The molecule has 1 heterocycles. The molecule has 0 spiro atoms. The quantitative estimate of drug-likeness (QED) is 0.311. The maximum atomic E-state index is 14.0. The van der Waals surface area contributed by atoms with Crippen molar-refractivity contribution in [2.24, 2.45) is 17.6 Å². The summed E-state index contributed by atoms with van der Waals surface area (Å²) in [5, 5.41) is 45.2. The number of likely N-dealkylation sites (tertiary alicyclic amines) is 1. The fraction of sp³-hybridized carbons (Fsp3) is 0.552. The van der Waals surface area contributed by atoms with Crippen LogP contribution >= 0.6 is 0 Å².